The van der Waals surface area contributed by atoms with Crippen molar-refractivity contribution < 1.29 is 22.3 Å². The highest BCUT2D eigenvalue weighted by atomic mass is 79.9. The number of amides is 1. The first-order chi connectivity index (χ1) is 15.1. The molecule has 3 rings (SSSR count). The molecular weight excluding hydrogens is 499 g/mol. The second-order valence-electron chi connectivity index (χ2n) is 7.21. The van der Waals surface area contributed by atoms with Gasteiger partial charge >= 0.3 is 0 Å². The first-order valence-corrected chi connectivity index (χ1v) is 12.3. The Bertz CT molecular complexity index is 1200. The van der Waals surface area contributed by atoms with Crippen molar-refractivity contribution in [3.63, 3.8) is 0 Å². The molecule has 9 heteroatoms. The van der Waals surface area contributed by atoms with Crippen molar-refractivity contribution in [1.82, 2.24) is 0 Å². The lowest BCUT2D eigenvalue weighted by Gasteiger charge is -2.23. The van der Waals surface area contributed by atoms with Crippen LogP contribution in [0.3, 0.4) is 0 Å². The minimum Gasteiger partial charge on any atom is -0.484 e. The highest BCUT2D eigenvalue weighted by Gasteiger charge is 2.18. The van der Waals surface area contributed by atoms with E-state index in [2.05, 4.69) is 21.2 Å². The van der Waals surface area contributed by atoms with Crippen LogP contribution in [0.4, 0.5) is 15.8 Å². The lowest BCUT2D eigenvalue weighted by molar-refractivity contribution is -0.118. The number of nitrogens with one attached hydrogen (secondary N) is 1. The van der Waals surface area contributed by atoms with Crippen molar-refractivity contribution in [2.75, 3.05) is 22.5 Å². The number of hydrogen-bond donors (Lipinski definition) is 1. The van der Waals surface area contributed by atoms with Crippen molar-refractivity contribution in [3.05, 3.63) is 88.1 Å². The second kappa shape index (κ2) is 10.1. The van der Waals surface area contributed by atoms with Crippen LogP contribution in [0.2, 0.25) is 0 Å². The van der Waals surface area contributed by atoms with Gasteiger partial charge in [0.15, 0.2) is 6.61 Å². The van der Waals surface area contributed by atoms with E-state index in [0.29, 0.717) is 15.9 Å². The van der Waals surface area contributed by atoms with Crippen molar-refractivity contribution >= 4 is 43.2 Å². The van der Waals surface area contributed by atoms with Gasteiger partial charge in [0.25, 0.3) is 5.91 Å². The van der Waals surface area contributed by atoms with Gasteiger partial charge in [0, 0.05) is 4.47 Å². The number of rotatable bonds is 8. The standard InChI is InChI=1S/C23H22BrFN2O4S/c1-16-3-5-17(6-4-16)14-27(32(2,29)30)19-8-10-20(11-9-19)31-15-23(28)26-22-12-7-18(24)13-21(22)25/h3-13H,14-15H2,1-2H3,(H,26,28). The van der Waals surface area contributed by atoms with Crippen LogP contribution < -0.4 is 14.4 Å². The lowest BCUT2D eigenvalue weighted by Crippen LogP contribution is -2.29. The molecule has 0 heterocycles. The highest BCUT2D eigenvalue weighted by Crippen LogP contribution is 2.24. The minimum atomic E-state index is -3.52. The molecule has 32 heavy (non-hydrogen) atoms. The number of sulfonamides is 1. The van der Waals surface area contributed by atoms with Crippen LogP contribution in [-0.2, 0) is 21.4 Å². The maximum atomic E-state index is 13.8. The first-order valence-electron chi connectivity index (χ1n) is 9.63. The van der Waals surface area contributed by atoms with Crippen LogP contribution in [0.15, 0.2) is 71.2 Å². The summed E-state index contributed by atoms with van der Waals surface area (Å²) in [5.41, 5.74) is 2.48. The van der Waals surface area contributed by atoms with Crippen LogP contribution in [-0.4, -0.2) is 27.2 Å². The van der Waals surface area contributed by atoms with Gasteiger partial charge in [-0.2, -0.15) is 0 Å². The van der Waals surface area contributed by atoms with E-state index in [4.69, 9.17) is 4.74 Å². The molecule has 3 aromatic rings. The van der Waals surface area contributed by atoms with Gasteiger partial charge in [-0.1, -0.05) is 45.8 Å². The van der Waals surface area contributed by atoms with Crippen molar-refractivity contribution in [2.24, 2.45) is 0 Å². The summed E-state index contributed by atoms with van der Waals surface area (Å²) in [6, 6.07) is 18.3. The minimum absolute atomic E-state index is 0.0528. The molecule has 0 saturated carbocycles. The van der Waals surface area contributed by atoms with E-state index in [-0.39, 0.29) is 18.8 Å². The number of ether oxygens (including phenoxy) is 1. The number of nitrogens with zero attached hydrogens (tertiary/aromatic N) is 1. The van der Waals surface area contributed by atoms with E-state index in [0.717, 1.165) is 17.4 Å². The van der Waals surface area contributed by atoms with Gasteiger partial charge in [0.1, 0.15) is 11.6 Å². The molecule has 168 valence electrons. The largest absolute Gasteiger partial charge is 0.484 e. The maximum Gasteiger partial charge on any atom is 0.262 e. The average Bonchev–Trinajstić information content (AvgIpc) is 2.73. The molecule has 0 unspecified atom stereocenters. The van der Waals surface area contributed by atoms with Gasteiger partial charge in [-0.15, -0.1) is 0 Å². The Morgan fingerprint density at radius 2 is 1.72 bits per heavy atom. The van der Waals surface area contributed by atoms with Crippen LogP contribution in [0.1, 0.15) is 11.1 Å². The molecule has 0 radical (unpaired) electrons. The molecule has 0 aliphatic heterocycles. The molecule has 6 nitrogen and oxygen atoms in total. The number of benzene rings is 3. The van der Waals surface area contributed by atoms with Crippen molar-refractivity contribution in [2.45, 2.75) is 13.5 Å². The Labute approximate surface area is 195 Å². The van der Waals surface area contributed by atoms with Gasteiger partial charge in [-0.25, -0.2) is 12.8 Å². The fraction of sp³-hybridized carbons (Fsp3) is 0.174. The van der Waals surface area contributed by atoms with E-state index in [1.807, 2.05) is 31.2 Å². The molecule has 0 spiro atoms. The quantitative estimate of drug-likeness (QED) is 0.459. The van der Waals surface area contributed by atoms with E-state index in [1.54, 1.807) is 30.3 Å². The van der Waals surface area contributed by atoms with Gasteiger partial charge in [-0.3, -0.25) is 9.10 Å². The predicted molar refractivity (Wildman–Crippen MR) is 127 cm³/mol. The molecule has 0 fully saturated rings. The zero-order valence-corrected chi connectivity index (χ0v) is 19.9. The Kier molecular flexibility index (Phi) is 7.52. The fourth-order valence-corrected chi connectivity index (χ4v) is 4.12. The normalized spacial score (nSPS) is 11.1. The van der Waals surface area contributed by atoms with Crippen LogP contribution in [0.25, 0.3) is 0 Å². The third-order valence-electron chi connectivity index (χ3n) is 4.55. The number of halogens is 2. The van der Waals surface area contributed by atoms with Gasteiger partial charge in [0.2, 0.25) is 10.0 Å². The number of aryl methyl sites for hydroxylation is 1. The summed E-state index contributed by atoms with van der Waals surface area (Å²) in [4.78, 5) is 12.1. The monoisotopic (exact) mass is 520 g/mol. The van der Waals surface area contributed by atoms with Gasteiger partial charge in [-0.05, 0) is 55.0 Å². The van der Waals surface area contributed by atoms with Crippen LogP contribution in [0.5, 0.6) is 5.75 Å². The summed E-state index contributed by atoms with van der Waals surface area (Å²) in [5.74, 6) is -0.706. The maximum absolute atomic E-state index is 13.8. The molecule has 3 aromatic carbocycles. The number of hydrogen-bond acceptors (Lipinski definition) is 4. The third-order valence-corrected chi connectivity index (χ3v) is 6.18. The van der Waals surface area contributed by atoms with E-state index < -0.39 is 21.7 Å². The van der Waals surface area contributed by atoms with Gasteiger partial charge in [0.05, 0.1) is 24.2 Å². The summed E-state index contributed by atoms with van der Waals surface area (Å²) in [5, 5.41) is 2.44. The Morgan fingerprint density at radius 3 is 2.31 bits per heavy atom. The molecule has 1 amide bonds. The van der Waals surface area contributed by atoms with E-state index in [1.165, 1.54) is 16.4 Å². The molecule has 0 atom stereocenters. The summed E-state index contributed by atoms with van der Waals surface area (Å²) in [6.45, 7) is 1.83. The van der Waals surface area contributed by atoms with Crippen LogP contribution in [0, 0.1) is 12.7 Å². The zero-order valence-electron chi connectivity index (χ0n) is 17.5. The number of carbonyl (C=O) groups is 1. The lowest BCUT2D eigenvalue weighted by atomic mass is 10.1. The Balaban J connectivity index is 1.64. The highest BCUT2D eigenvalue weighted by molar-refractivity contribution is 9.10. The zero-order chi connectivity index (χ0) is 23.3. The number of anilines is 2. The fourth-order valence-electron chi connectivity index (χ4n) is 2.89. The summed E-state index contributed by atoms with van der Waals surface area (Å²) in [6.07, 6.45) is 1.15. The second-order valence-corrected chi connectivity index (χ2v) is 10.0. The van der Waals surface area contributed by atoms with Crippen molar-refractivity contribution in [3.8, 4) is 5.75 Å². The molecule has 0 bridgehead atoms. The summed E-state index contributed by atoms with van der Waals surface area (Å²) < 4.78 is 45.8. The smallest absolute Gasteiger partial charge is 0.262 e. The van der Waals surface area contributed by atoms with Crippen molar-refractivity contribution in [1.29, 1.82) is 0 Å². The topological polar surface area (TPSA) is 75.7 Å². The van der Waals surface area contributed by atoms with E-state index in [9.17, 15) is 17.6 Å². The average molecular weight is 521 g/mol. The molecule has 1 N–H and O–H groups in total. The Morgan fingerprint density at radius 1 is 1.06 bits per heavy atom. The molecule has 0 aromatic heterocycles. The predicted octanol–water partition coefficient (Wildman–Crippen LogP) is 4.88. The van der Waals surface area contributed by atoms with Crippen LogP contribution >= 0.6 is 15.9 Å². The Hall–Kier alpha value is -2.91. The molecule has 0 saturated heterocycles. The molecule has 0 aliphatic rings. The summed E-state index contributed by atoms with van der Waals surface area (Å²) >= 11 is 3.15. The molecular formula is C23H22BrFN2O4S. The van der Waals surface area contributed by atoms with Gasteiger partial charge < -0.3 is 10.1 Å². The molecule has 0 aliphatic carbocycles. The SMILES string of the molecule is Cc1ccc(CN(c2ccc(OCC(=O)Nc3ccc(Br)cc3F)cc2)S(C)(=O)=O)cc1. The van der Waals surface area contributed by atoms with E-state index >= 15 is 0 Å². The number of carbonyl (C=O) groups excluding carboxylic acids is 1. The third kappa shape index (κ3) is 6.54. The first kappa shape index (κ1) is 23.7. The summed E-state index contributed by atoms with van der Waals surface area (Å²) in [7, 11) is -3.52.